The molecule has 2 rings (SSSR count). The number of nitrogens with one attached hydrogen (secondary N) is 1. The Morgan fingerprint density at radius 1 is 1.17 bits per heavy atom. The number of carbonyl (C=O) groups is 1. The summed E-state index contributed by atoms with van der Waals surface area (Å²) in [6.45, 7) is 10.4. The lowest BCUT2D eigenvalue weighted by atomic mass is 10.0. The molecule has 0 spiro atoms. The lowest BCUT2D eigenvalue weighted by Crippen LogP contribution is -2.27. The van der Waals surface area contributed by atoms with E-state index in [-0.39, 0.29) is 0 Å². The van der Waals surface area contributed by atoms with E-state index in [9.17, 15) is 4.79 Å². The number of ether oxygens (including phenoxy) is 2. The van der Waals surface area contributed by atoms with Gasteiger partial charge in [0.05, 0.1) is 6.61 Å². The van der Waals surface area contributed by atoms with Crippen LogP contribution in [0.4, 0.5) is 10.5 Å². The van der Waals surface area contributed by atoms with Crippen molar-refractivity contribution in [3.8, 4) is 5.75 Å². The topological polar surface area (TPSA) is 47.6 Å². The molecule has 0 saturated heterocycles. The maximum atomic E-state index is 12.0. The van der Waals surface area contributed by atoms with Crippen molar-refractivity contribution < 1.29 is 14.3 Å². The second-order valence-corrected chi connectivity index (χ2v) is 6.97. The molecule has 0 bridgehead atoms. The quantitative estimate of drug-likeness (QED) is 0.718. The molecule has 24 heavy (non-hydrogen) atoms. The van der Waals surface area contributed by atoms with E-state index in [1.165, 1.54) is 0 Å². The van der Waals surface area contributed by atoms with Gasteiger partial charge in [-0.15, -0.1) is 0 Å². The highest BCUT2D eigenvalue weighted by atomic mass is 16.6. The van der Waals surface area contributed by atoms with Gasteiger partial charge in [0.15, 0.2) is 0 Å². The molecular weight excluding hydrogens is 302 g/mol. The van der Waals surface area contributed by atoms with Crippen molar-refractivity contribution >= 4 is 22.6 Å². The van der Waals surface area contributed by atoms with E-state index in [4.69, 9.17) is 9.47 Å². The van der Waals surface area contributed by atoms with Crippen molar-refractivity contribution in [2.24, 2.45) is 0 Å². The number of amides is 1. The summed E-state index contributed by atoms with van der Waals surface area (Å²) >= 11 is 0. The van der Waals surface area contributed by atoms with Crippen LogP contribution in [0.5, 0.6) is 5.75 Å². The van der Waals surface area contributed by atoms with Gasteiger partial charge >= 0.3 is 6.09 Å². The molecule has 0 saturated carbocycles. The Morgan fingerprint density at radius 2 is 1.92 bits per heavy atom. The van der Waals surface area contributed by atoms with Crippen LogP contribution in [0.2, 0.25) is 0 Å². The van der Waals surface area contributed by atoms with Crippen molar-refractivity contribution in [1.82, 2.24) is 0 Å². The van der Waals surface area contributed by atoms with E-state index in [2.05, 4.69) is 25.2 Å². The fourth-order valence-electron chi connectivity index (χ4n) is 2.44. The number of hydrogen-bond acceptors (Lipinski definition) is 3. The van der Waals surface area contributed by atoms with Crippen LogP contribution < -0.4 is 10.1 Å². The van der Waals surface area contributed by atoms with Crippen LogP contribution in [0.25, 0.3) is 10.8 Å². The molecule has 0 heterocycles. The number of hydrogen-bond donors (Lipinski definition) is 1. The Hall–Kier alpha value is -2.23. The Balaban J connectivity index is 2.33. The molecule has 2 aromatic carbocycles. The molecule has 4 nitrogen and oxygen atoms in total. The van der Waals surface area contributed by atoms with Gasteiger partial charge in [0, 0.05) is 17.1 Å². The maximum Gasteiger partial charge on any atom is 0.412 e. The van der Waals surface area contributed by atoms with E-state index < -0.39 is 11.7 Å². The fraction of sp³-hybridized carbons (Fsp3) is 0.450. The van der Waals surface area contributed by atoms with E-state index in [0.29, 0.717) is 12.3 Å². The number of benzene rings is 2. The Bertz CT molecular complexity index is 717. The van der Waals surface area contributed by atoms with Crippen LogP contribution in [0.15, 0.2) is 30.3 Å². The number of carbonyl (C=O) groups excluding carboxylic acids is 1. The first-order valence-corrected chi connectivity index (χ1v) is 8.46. The average Bonchev–Trinajstić information content (AvgIpc) is 2.46. The summed E-state index contributed by atoms with van der Waals surface area (Å²) < 4.78 is 11.3. The van der Waals surface area contributed by atoms with E-state index >= 15 is 0 Å². The minimum Gasteiger partial charge on any atom is -0.493 e. The molecule has 0 aliphatic heterocycles. The molecule has 130 valence electrons. The second-order valence-electron chi connectivity index (χ2n) is 6.97. The molecular formula is C20H27NO3. The summed E-state index contributed by atoms with van der Waals surface area (Å²) in [4.78, 5) is 12.0. The maximum absolute atomic E-state index is 12.0. The molecule has 2 aromatic rings. The predicted molar refractivity (Wildman–Crippen MR) is 98.9 cm³/mol. The second kappa shape index (κ2) is 7.56. The fourth-order valence-corrected chi connectivity index (χ4v) is 2.44. The monoisotopic (exact) mass is 329 g/mol. The minimum atomic E-state index is -0.530. The molecule has 0 aliphatic rings. The van der Waals surface area contributed by atoms with Crippen LogP contribution in [-0.4, -0.2) is 18.3 Å². The average molecular weight is 329 g/mol. The van der Waals surface area contributed by atoms with Gasteiger partial charge in [0.2, 0.25) is 0 Å². The van der Waals surface area contributed by atoms with E-state index in [0.717, 1.165) is 34.9 Å². The standard InChI is InChI=1S/C20H27NO3/c1-6-7-11-23-18-13-15(21-19(22)24-20(3,4)5)12-17-14(2)9-8-10-16(17)18/h8-10,12-13H,6-7,11H2,1-5H3,(H,21,22). The first kappa shape index (κ1) is 18.1. The third-order valence-corrected chi connectivity index (χ3v) is 3.58. The van der Waals surface area contributed by atoms with Crippen molar-refractivity contribution in [2.75, 3.05) is 11.9 Å². The normalized spacial score (nSPS) is 11.4. The summed E-state index contributed by atoms with van der Waals surface area (Å²) in [6, 6.07) is 9.93. The zero-order valence-electron chi connectivity index (χ0n) is 15.2. The molecule has 4 heteroatoms. The number of rotatable bonds is 5. The third-order valence-electron chi connectivity index (χ3n) is 3.58. The van der Waals surface area contributed by atoms with Crippen molar-refractivity contribution in [2.45, 2.75) is 53.1 Å². The lowest BCUT2D eigenvalue weighted by molar-refractivity contribution is 0.0636. The summed E-state index contributed by atoms with van der Waals surface area (Å²) in [5, 5.41) is 4.93. The molecule has 0 aliphatic carbocycles. The number of fused-ring (bicyclic) bond motifs is 1. The highest BCUT2D eigenvalue weighted by Gasteiger charge is 2.17. The first-order valence-electron chi connectivity index (χ1n) is 8.46. The molecule has 1 amide bonds. The molecule has 1 N–H and O–H groups in total. The van der Waals surface area contributed by atoms with Gasteiger partial charge in [0.1, 0.15) is 11.4 Å². The van der Waals surface area contributed by atoms with E-state index in [1.807, 2.05) is 45.0 Å². The van der Waals surface area contributed by atoms with Gasteiger partial charge < -0.3 is 9.47 Å². The van der Waals surface area contributed by atoms with Gasteiger partial charge in [-0.2, -0.15) is 0 Å². The van der Waals surface area contributed by atoms with Crippen LogP contribution >= 0.6 is 0 Å². The molecule has 0 fully saturated rings. The largest absolute Gasteiger partial charge is 0.493 e. The van der Waals surface area contributed by atoms with Gasteiger partial charge in [-0.05, 0) is 51.1 Å². The van der Waals surface area contributed by atoms with Gasteiger partial charge in [-0.25, -0.2) is 4.79 Å². The third kappa shape index (κ3) is 4.88. The lowest BCUT2D eigenvalue weighted by Gasteiger charge is -2.20. The van der Waals surface area contributed by atoms with Crippen LogP contribution in [0, 0.1) is 6.92 Å². The zero-order chi connectivity index (χ0) is 17.7. The Morgan fingerprint density at radius 3 is 2.58 bits per heavy atom. The summed E-state index contributed by atoms with van der Waals surface area (Å²) in [6.07, 6.45) is 1.61. The summed E-state index contributed by atoms with van der Waals surface area (Å²) in [5.74, 6) is 0.788. The van der Waals surface area contributed by atoms with Crippen LogP contribution in [0.1, 0.15) is 46.1 Å². The highest BCUT2D eigenvalue weighted by molar-refractivity contribution is 5.96. The Kier molecular flexibility index (Phi) is 5.71. The first-order chi connectivity index (χ1) is 11.3. The summed E-state index contributed by atoms with van der Waals surface area (Å²) in [7, 11) is 0. The SMILES string of the molecule is CCCCOc1cc(NC(=O)OC(C)(C)C)cc2c(C)cccc12. The molecule has 0 unspecified atom stereocenters. The van der Waals surface area contributed by atoms with Gasteiger partial charge in [-0.1, -0.05) is 31.5 Å². The van der Waals surface area contributed by atoms with Crippen molar-refractivity contribution in [3.63, 3.8) is 0 Å². The minimum absolute atomic E-state index is 0.463. The van der Waals surface area contributed by atoms with Gasteiger partial charge in [0.25, 0.3) is 0 Å². The number of anilines is 1. The zero-order valence-corrected chi connectivity index (χ0v) is 15.2. The molecule has 0 aromatic heterocycles. The van der Waals surface area contributed by atoms with E-state index in [1.54, 1.807) is 0 Å². The van der Waals surface area contributed by atoms with Gasteiger partial charge in [-0.3, -0.25) is 5.32 Å². The van der Waals surface area contributed by atoms with Crippen LogP contribution in [-0.2, 0) is 4.74 Å². The predicted octanol–water partition coefficient (Wildman–Crippen LogP) is 5.67. The number of unbranched alkanes of at least 4 members (excludes halogenated alkanes) is 1. The summed E-state index contributed by atoms with van der Waals surface area (Å²) in [5.41, 5.74) is 1.29. The Labute approximate surface area is 144 Å². The molecule has 0 atom stereocenters. The van der Waals surface area contributed by atoms with Crippen molar-refractivity contribution in [1.29, 1.82) is 0 Å². The highest BCUT2D eigenvalue weighted by Crippen LogP contribution is 2.32. The number of aryl methyl sites for hydroxylation is 1. The van der Waals surface area contributed by atoms with Crippen LogP contribution in [0.3, 0.4) is 0 Å². The molecule has 0 radical (unpaired) electrons. The smallest absolute Gasteiger partial charge is 0.412 e. The van der Waals surface area contributed by atoms with Crippen molar-refractivity contribution in [3.05, 3.63) is 35.9 Å².